The van der Waals surface area contributed by atoms with Crippen molar-refractivity contribution < 1.29 is 13.2 Å². The van der Waals surface area contributed by atoms with E-state index in [0.717, 1.165) is 5.56 Å². The molecule has 0 unspecified atom stereocenters. The minimum absolute atomic E-state index is 0.0273. The predicted molar refractivity (Wildman–Crippen MR) is 81.5 cm³/mol. The van der Waals surface area contributed by atoms with Crippen molar-refractivity contribution in [1.82, 2.24) is 10.0 Å². The third-order valence-electron chi connectivity index (χ3n) is 3.57. The van der Waals surface area contributed by atoms with Gasteiger partial charge in [0, 0.05) is 19.0 Å². The zero-order valence-corrected chi connectivity index (χ0v) is 13.5. The van der Waals surface area contributed by atoms with E-state index >= 15 is 0 Å². The van der Waals surface area contributed by atoms with Gasteiger partial charge < -0.3 is 5.32 Å². The average Bonchev–Trinajstić information content (AvgIpc) is 2.40. The third-order valence-corrected chi connectivity index (χ3v) is 5.15. The topological polar surface area (TPSA) is 75.3 Å². The lowest BCUT2D eigenvalue weighted by Crippen LogP contribution is -2.47. The Morgan fingerprint density at radius 3 is 2.48 bits per heavy atom. The highest BCUT2D eigenvalue weighted by Crippen LogP contribution is 2.28. The number of benzene rings is 1. The molecule has 1 aromatic rings. The summed E-state index contributed by atoms with van der Waals surface area (Å²) in [6.07, 6.45) is 0.886. The fourth-order valence-electron chi connectivity index (χ4n) is 2.44. The van der Waals surface area contributed by atoms with Crippen molar-refractivity contribution in [3.63, 3.8) is 0 Å². The van der Waals surface area contributed by atoms with Crippen molar-refractivity contribution in [2.24, 2.45) is 0 Å². The molecule has 5 nitrogen and oxygen atoms in total. The lowest BCUT2D eigenvalue weighted by atomic mass is 9.87. The van der Waals surface area contributed by atoms with E-state index in [1.165, 1.54) is 0 Å². The molecule has 1 aliphatic rings. The Labute approximate surface area is 126 Å². The molecular weight excluding hydrogens is 288 g/mol. The molecule has 0 bridgehead atoms. The van der Waals surface area contributed by atoms with Gasteiger partial charge in [-0.25, -0.2) is 13.1 Å². The van der Waals surface area contributed by atoms with E-state index in [0.29, 0.717) is 24.3 Å². The van der Waals surface area contributed by atoms with Gasteiger partial charge in [0.05, 0.1) is 4.90 Å². The highest BCUT2D eigenvalue weighted by atomic mass is 32.2. The number of carbonyl (C=O) groups is 1. The summed E-state index contributed by atoms with van der Waals surface area (Å²) in [5.74, 6) is -0.0273. The monoisotopic (exact) mass is 310 g/mol. The van der Waals surface area contributed by atoms with E-state index in [1.54, 1.807) is 12.1 Å². The minimum Gasteiger partial charge on any atom is -0.355 e. The summed E-state index contributed by atoms with van der Waals surface area (Å²) in [5.41, 5.74) is 0.531. The predicted octanol–water partition coefficient (Wildman–Crippen LogP) is 1.54. The highest BCUT2D eigenvalue weighted by molar-refractivity contribution is 7.89. The van der Waals surface area contributed by atoms with Gasteiger partial charge in [0.15, 0.2) is 0 Å². The van der Waals surface area contributed by atoms with Crippen molar-refractivity contribution >= 4 is 15.9 Å². The average molecular weight is 310 g/mol. The molecule has 1 saturated heterocycles. The van der Waals surface area contributed by atoms with E-state index in [4.69, 9.17) is 0 Å². The second-order valence-electron chi connectivity index (χ2n) is 6.41. The number of piperidine rings is 1. The number of sulfonamides is 1. The van der Waals surface area contributed by atoms with Crippen LogP contribution in [-0.2, 0) is 20.2 Å². The van der Waals surface area contributed by atoms with Crippen LogP contribution in [-0.4, -0.2) is 26.9 Å². The van der Waals surface area contributed by atoms with E-state index in [2.05, 4.69) is 10.0 Å². The van der Waals surface area contributed by atoms with E-state index in [9.17, 15) is 13.2 Å². The SMILES string of the molecule is CC(C)(C)c1ccccc1S(=O)(=O)N[C@H]1CCC(=O)NC1. The number of rotatable bonds is 3. The first kappa shape index (κ1) is 16.0. The molecular formula is C15H22N2O3S. The van der Waals surface area contributed by atoms with Crippen LogP contribution in [0.2, 0.25) is 0 Å². The Hall–Kier alpha value is -1.40. The van der Waals surface area contributed by atoms with E-state index in [1.807, 2.05) is 32.9 Å². The quantitative estimate of drug-likeness (QED) is 0.889. The molecule has 6 heteroatoms. The third kappa shape index (κ3) is 3.83. The van der Waals surface area contributed by atoms with Crippen molar-refractivity contribution in [3.05, 3.63) is 29.8 Å². The fraction of sp³-hybridized carbons (Fsp3) is 0.533. The number of carbonyl (C=O) groups excluding carboxylic acids is 1. The second kappa shape index (κ2) is 5.77. The molecule has 0 aliphatic carbocycles. The summed E-state index contributed by atoms with van der Waals surface area (Å²) in [7, 11) is -3.59. The van der Waals surface area contributed by atoms with Crippen molar-refractivity contribution in [3.8, 4) is 0 Å². The maximum absolute atomic E-state index is 12.6. The van der Waals surface area contributed by atoms with Crippen molar-refractivity contribution in [2.75, 3.05) is 6.54 Å². The lowest BCUT2D eigenvalue weighted by Gasteiger charge is -2.26. The van der Waals surface area contributed by atoms with Gasteiger partial charge in [0.1, 0.15) is 0 Å². The van der Waals surface area contributed by atoms with Crippen LogP contribution in [0.1, 0.15) is 39.2 Å². The molecule has 1 aromatic carbocycles. The normalized spacial score (nSPS) is 20.1. The maximum Gasteiger partial charge on any atom is 0.241 e. The van der Waals surface area contributed by atoms with Crippen LogP contribution in [0.25, 0.3) is 0 Å². The van der Waals surface area contributed by atoms with Gasteiger partial charge in [-0.1, -0.05) is 39.0 Å². The molecule has 0 saturated carbocycles. The zero-order valence-electron chi connectivity index (χ0n) is 12.6. The van der Waals surface area contributed by atoms with Crippen molar-refractivity contribution in [2.45, 2.75) is 50.0 Å². The number of hydrogen-bond acceptors (Lipinski definition) is 3. The zero-order chi connectivity index (χ0) is 15.7. The van der Waals surface area contributed by atoms with Gasteiger partial charge in [-0.15, -0.1) is 0 Å². The molecule has 1 amide bonds. The summed E-state index contributed by atoms with van der Waals surface area (Å²) in [4.78, 5) is 11.5. The summed E-state index contributed by atoms with van der Waals surface area (Å²) in [6, 6.07) is 6.80. The molecule has 1 aliphatic heterocycles. The first-order chi connectivity index (χ1) is 9.70. The molecule has 2 N–H and O–H groups in total. The number of nitrogens with one attached hydrogen (secondary N) is 2. The number of hydrogen-bond donors (Lipinski definition) is 2. The Morgan fingerprint density at radius 1 is 1.24 bits per heavy atom. The number of amides is 1. The molecule has 116 valence electrons. The largest absolute Gasteiger partial charge is 0.355 e. The molecule has 1 fully saturated rings. The molecule has 21 heavy (non-hydrogen) atoms. The Balaban J connectivity index is 2.26. The van der Waals surface area contributed by atoms with Crippen LogP contribution in [0.15, 0.2) is 29.2 Å². The maximum atomic E-state index is 12.6. The molecule has 0 spiro atoms. The Morgan fingerprint density at radius 2 is 1.90 bits per heavy atom. The van der Waals surface area contributed by atoms with Crippen molar-refractivity contribution in [1.29, 1.82) is 0 Å². The van der Waals surface area contributed by atoms with Gasteiger partial charge in [-0.3, -0.25) is 4.79 Å². The van der Waals surface area contributed by atoms with Gasteiger partial charge in [0.2, 0.25) is 15.9 Å². The van der Waals surface area contributed by atoms with Crippen LogP contribution in [0, 0.1) is 0 Å². The lowest BCUT2D eigenvalue weighted by molar-refractivity contribution is -0.122. The molecule has 2 rings (SSSR count). The van der Waals surface area contributed by atoms with Gasteiger partial charge in [-0.05, 0) is 23.5 Å². The van der Waals surface area contributed by atoms with Crippen LogP contribution in [0.3, 0.4) is 0 Å². The highest BCUT2D eigenvalue weighted by Gasteiger charge is 2.28. The summed E-state index contributed by atoms with van der Waals surface area (Å²) in [6.45, 7) is 6.31. The van der Waals surface area contributed by atoms with Gasteiger partial charge in [0.25, 0.3) is 0 Å². The smallest absolute Gasteiger partial charge is 0.241 e. The van der Waals surface area contributed by atoms with Crippen LogP contribution in [0.5, 0.6) is 0 Å². The van der Waals surface area contributed by atoms with Crippen LogP contribution < -0.4 is 10.0 Å². The van der Waals surface area contributed by atoms with Crippen LogP contribution >= 0.6 is 0 Å². The summed E-state index contributed by atoms with van der Waals surface area (Å²) >= 11 is 0. The summed E-state index contributed by atoms with van der Waals surface area (Å²) in [5, 5.41) is 2.69. The Kier molecular flexibility index (Phi) is 4.39. The van der Waals surface area contributed by atoms with E-state index < -0.39 is 10.0 Å². The van der Waals surface area contributed by atoms with E-state index in [-0.39, 0.29) is 17.4 Å². The van der Waals surface area contributed by atoms with Gasteiger partial charge in [-0.2, -0.15) is 0 Å². The van der Waals surface area contributed by atoms with Crippen LogP contribution in [0.4, 0.5) is 0 Å². The second-order valence-corrected chi connectivity index (χ2v) is 8.09. The standard InChI is InChI=1S/C15H22N2O3S/c1-15(2,3)12-6-4-5-7-13(12)21(19,20)17-11-8-9-14(18)16-10-11/h4-7,11,17H,8-10H2,1-3H3,(H,16,18)/t11-/m0/s1. The minimum atomic E-state index is -3.59. The van der Waals surface area contributed by atoms with Gasteiger partial charge >= 0.3 is 0 Å². The molecule has 1 heterocycles. The molecule has 0 radical (unpaired) electrons. The first-order valence-electron chi connectivity index (χ1n) is 7.09. The summed E-state index contributed by atoms with van der Waals surface area (Å²) < 4.78 is 28.0. The molecule has 0 aromatic heterocycles. The first-order valence-corrected chi connectivity index (χ1v) is 8.57. The Bertz CT molecular complexity index is 623. The fourth-order valence-corrected chi connectivity index (χ4v) is 4.13. The molecule has 1 atom stereocenters.